The summed E-state index contributed by atoms with van der Waals surface area (Å²) >= 11 is 1.35. The van der Waals surface area contributed by atoms with E-state index in [1.807, 2.05) is 42.5 Å². The molecule has 4 aliphatic rings. The molecular weight excluding hydrogens is 454 g/mol. The Morgan fingerprint density at radius 2 is 1.85 bits per heavy atom. The average molecular weight is 476 g/mol. The van der Waals surface area contributed by atoms with Gasteiger partial charge in [0.2, 0.25) is 12.0 Å². The molecule has 0 atom stereocenters. The number of aliphatic imine (C=N–C) groups is 1. The van der Waals surface area contributed by atoms with Crippen LogP contribution in [0.2, 0.25) is 0 Å². The van der Waals surface area contributed by atoms with Crippen molar-refractivity contribution in [3.05, 3.63) is 59.2 Å². The van der Waals surface area contributed by atoms with Crippen LogP contribution in [0.1, 0.15) is 24.0 Å². The molecule has 1 amide bonds. The Kier molecular flexibility index (Phi) is 5.21. The molecule has 34 heavy (non-hydrogen) atoms. The van der Waals surface area contributed by atoms with E-state index in [1.54, 1.807) is 6.08 Å². The van der Waals surface area contributed by atoms with Gasteiger partial charge in [-0.05, 0) is 66.1 Å². The third-order valence-corrected chi connectivity index (χ3v) is 6.82. The van der Waals surface area contributed by atoms with Crippen molar-refractivity contribution in [2.24, 2.45) is 10.1 Å². The zero-order chi connectivity index (χ0) is 23.1. The van der Waals surface area contributed by atoms with Crippen molar-refractivity contribution in [3.8, 4) is 17.2 Å². The number of likely N-dealkylation sites (tertiary alicyclic amines) is 1. The highest BCUT2D eigenvalue weighted by molar-refractivity contribution is 8.26. The zero-order valence-electron chi connectivity index (χ0n) is 18.2. The minimum absolute atomic E-state index is 0.0415. The Balaban J connectivity index is 1.14. The summed E-state index contributed by atoms with van der Waals surface area (Å²) in [7, 11) is 0. The minimum Gasteiger partial charge on any atom is -0.489 e. The molecule has 0 saturated carbocycles. The lowest BCUT2D eigenvalue weighted by Gasteiger charge is -2.20. The molecule has 1 saturated heterocycles. The summed E-state index contributed by atoms with van der Waals surface area (Å²) in [6, 6.07) is 13.1. The number of thioether (sulfide) groups is 1. The summed E-state index contributed by atoms with van der Waals surface area (Å²) in [6.07, 6.45) is 3.93. The fourth-order valence-electron chi connectivity index (χ4n) is 4.04. The molecule has 4 aliphatic heterocycles. The maximum absolute atomic E-state index is 12.6. The lowest BCUT2D eigenvalue weighted by atomic mass is 10.1. The van der Waals surface area contributed by atoms with Crippen molar-refractivity contribution in [3.63, 3.8) is 0 Å². The predicted molar refractivity (Wildman–Crippen MR) is 129 cm³/mol. The van der Waals surface area contributed by atoms with Gasteiger partial charge in [-0.25, -0.2) is 0 Å². The molecule has 1 N–H and O–H groups in total. The van der Waals surface area contributed by atoms with Crippen LogP contribution in [-0.4, -0.2) is 51.9 Å². The number of amides is 1. The van der Waals surface area contributed by atoms with Crippen LogP contribution in [0.5, 0.6) is 17.2 Å². The summed E-state index contributed by atoms with van der Waals surface area (Å²) in [5.74, 6) is 1.78. The Labute approximate surface area is 200 Å². The second kappa shape index (κ2) is 8.53. The molecule has 172 valence electrons. The van der Waals surface area contributed by atoms with E-state index < -0.39 is 5.91 Å². The Hall–Kier alpha value is -3.79. The fraction of sp³-hybridized carbons (Fsp3) is 0.250. The van der Waals surface area contributed by atoms with Crippen LogP contribution in [0.4, 0.5) is 0 Å². The summed E-state index contributed by atoms with van der Waals surface area (Å²) in [4.78, 5) is 19.0. The number of fused-ring (bicyclic) bond motifs is 2. The lowest BCUT2D eigenvalue weighted by molar-refractivity contribution is -0.114. The summed E-state index contributed by atoms with van der Waals surface area (Å²) in [6.45, 7) is 2.52. The number of ether oxygens (including phenoxy) is 3. The van der Waals surface area contributed by atoms with Gasteiger partial charge in [0.05, 0.1) is 5.57 Å². The van der Waals surface area contributed by atoms with E-state index in [2.05, 4.69) is 15.0 Å². The Morgan fingerprint density at radius 1 is 1.06 bits per heavy atom. The van der Waals surface area contributed by atoms with E-state index in [4.69, 9.17) is 19.6 Å². The lowest BCUT2D eigenvalue weighted by Crippen LogP contribution is -2.35. The molecule has 2 aromatic carbocycles. The first-order valence-electron chi connectivity index (χ1n) is 11.0. The molecule has 10 heteroatoms. The normalized spacial score (nSPS) is 20.1. The maximum atomic E-state index is 12.6. The Morgan fingerprint density at radius 3 is 2.68 bits per heavy atom. The number of carbonyl (C=O) groups is 1. The SMILES string of the molecule is N=C1/C(=C/c2ccc(OCc3ccc4c(c3)OCO4)cc2)C(=O)N=C2SC(N3CCCC3)=NN12. The average Bonchev–Trinajstić information content (AvgIpc) is 3.61. The van der Waals surface area contributed by atoms with E-state index in [9.17, 15) is 4.79 Å². The second-order valence-electron chi connectivity index (χ2n) is 8.14. The quantitative estimate of drug-likeness (QED) is 0.674. The number of rotatable bonds is 4. The fourth-order valence-corrected chi connectivity index (χ4v) is 4.99. The first kappa shape index (κ1) is 20.8. The van der Waals surface area contributed by atoms with Crippen molar-refractivity contribution < 1.29 is 19.0 Å². The number of nitrogens with one attached hydrogen (secondary N) is 1. The molecule has 0 bridgehead atoms. The molecule has 0 spiro atoms. The van der Waals surface area contributed by atoms with E-state index in [1.165, 1.54) is 16.8 Å². The third kappa shape index (κ3) is 3.90. The number of amidine groups is 3. The second-order valence-corrected chi connectivity index (χ2v) is 9.08. The molecule has 6 rings (SSSR count). The first-order chi connectivity index (χ1) is 16.6. The standard InChI is InChI=1S/C24H21N5O4S/c25-21-18(22(30)26-23-29(21)27-24(34-23)28-9-1-2-10-28)11-15-3-6-17(7-4-15)31-13-16-5-8-19-20(12-16)33-14-32-19/h3-8,11-12,25H,1-2,9-10,13-14H2/b18-11-,25-21?. The van der Waals surface area contributed by atoms with Crippen LogP contribution >= 0.6 is 11.8 Å². The van der Waals surface area contributed by atoms with Gasteiger partial charge in [0.1, 0.15) is 12.4 Å². The highest BCUT2D eigenvalue weighted by Crippen LogP contribution is 2.33. The molecule has 0 aromatic heterocycles. The maximum Gasteiger partial charge on any atom is 0.283 e. The molecular formula is C24H21N5O4S. The summed E-state index contributed by atoms with van der Waals surface area (Å²) < 4.78 is 16.6. The van der Waals surface area contributed by atoms with Crippen LogP contribution in [0.15, 0.2) is 58.1 Å². The molecule has 2 aromatic rings. The van der Waals surface area contributed by atoms with E-state index in [0.717, 1.165) is 53.7 Å². The van der Waals surface area contributed by atoms with Gasteiger partial charge >= 0.3 is 0 Å². The molecule has 1 fully saturated rings. The van der Waals surface area contributed by atoms with Crippen LogP contribution in [0, 0.1) is 5.41 Å². The van der Waals surface area contributed by atoms with Gasteiger partial charge in [-0.15, -0.1) is 5.10 Å². The van der Waals surface area contributed by atoms with Gasteiger partial charge in [-0.2, -0.15) is 10.0 Å². The Bertz CT molecular complexity index is 1260. The smallest absolute Gasteiger partial charge is 0.283 e. The molecule has 0 radical (unpaired) electrons. The topological polar surface area (TPSA) is 99.8 Å². The van der Waals surface area contributed by atoms with Crippen molar-refractivity contribution in [2.45, 2.75) is 19.4 Å². The van der Waals surface area contributed by atoms with Crippen LogP contribution < -0.4 is 14.2 Å². The molecule has 9 nitrogen and oxygen atoms in total. The third-order valence-electron chi connectivity index (χ3n) is 5.85. The van der Waals surface area contributed by atoms with Gasteiger partial charge in [-0.3, -0.25) is 10.2 Å². The molecule has 4 heterocycles. The van der Waals surface area contributed by atoms with Crippen LogP contribution in [0.25, 0.3) is 6.08 Å². The van der Waals surface area contributed by atoms with Crippen LogP contribution in [-0.2, 0) is 11.4 Å². The highest BCUT2D eigenvalue weighted by atomic mass is 32.2. The number of carbonyl (C=O) groups excluding carboxylic acids is 1. The monoisotopic (exact) mass is 475 g/mol. The molecule has 0 aliphatic carbocycles. The van der Waals surface area contributed by atoms with Gasteiger partial charge in [0.15, 0.2) is 22.5 Å². The summed E-state index contributed by atoms with van der Waals surface area (Å²) in [5.41, 5.74) is 1.96. The van der Waals surface area contributed by atoms with Crippen molar-refractivity contribution in [1.29, 1.82) is 5.41 Å². The van der Waals surface area contributed by atoms with Gasteiger partial charge in [0.25, 0.3) is 5.91 Å². The highest BCUT2D eigenvalue weighted by Gasteiger charge is 2.37. The van der Waals surface area contributed by atoms with E-state index in [0.29, 0.717) is 17.5 Å². The zero-order valence-corrected chi connectivity index (χ0v) is 19.0. The predicted octanol–water partition coefficient (Wildman–Crippen LogP) is 3.67. The first-order valence-corrected chi connectivity index (χ1v) is 11.8. The van der Waals surface area contributed by atoms with Crippen molar-refractivity contribution in [1.82, 2.24) is 9.91 Å². The number of hydrogen-bond acceptors (Lipinski definition) is 8. The summed E-state index contributed by atoms with van der Waals surface area (Å²) in [5, 5.41) is 15.8. The van der Waals surface area contributed by atoms with Gasteiger partial charge in [-0.1, -0.05) is 18.2 Å². The van der Waals surface area contributed by atoms with Crippen molar-refractivity contribution >= 4 is 39.9 Å². The van der Waals surface area contributed by atoms with Crippen molar-refractivity contribution in [2.75, 3.05) is 19.9 Å². The minimum atomic E-state index is -0.426. The van der Waals surface area contributed by atoms with E-state index in [-0.39, 0.29) is 18.2 Å². The van der Waals surface area contributed by atoms with Gasteiger partial charge < -0.3 is 19.1 Å². The number of hydrogen-bond donors (Lipinski definition) is 1. The number of benzene rings is 2. The number of hydrazone groups is 1. The number of nitrogens with zero attached hydrogens (tertiary/aromatic N) is 4. The van der Waals surface area contributed by atoms with Crippen LogP contribution in [0.3, 0.4) is 0 Å². The van der Waals surface area contributed by atoms with Gasteiger partial charge in [0, 0.05) is 13.1 Å². The largest absolute Gasteiger partial charge is 0.489 e. The molecule has 0 unspecified atom stereocenters. The van der Waals surface area contributed by atoms with E-state index >= 15 is 0 Å².